The van der Waals surface area contributed by atoms with Crippen LogP contribution in [0.2, 0.25) is 0 Å². The topological polar surface area (TPSA) is 23.1 Å². The number of benzene rings is 1. The molecule has 0 saturated carbocycles. The van der Waals surface area contributed by atoms with Crippen LogP contribution in [0.1, 0.15) is 65.5 Å². The van der Waals surface area contributed by atoms with Crippen molar-refractivity contribution in [3.63, 3.8) is 0 Å². The molecule has 1 rings (SSSR count). The third kappa shape index (κ3) is 3.76. The van der Waals surface area contributed by atoms with E-state index in [0.29, 0.717) is 0 Å². The largest absolute Gasteiger partial charge is 1.00 e. The Morgan fingerprint density at radius 2 is 1.44 bits per heavy atom. The van der Waals surface area contributed by atoms with Crippen molar-refractivity contribution < 1.29 is 34.7 Å². The maximum absolute atomic E-state index is 12.0. The zero-order valence-corrected chi connectivity index (χ0v) is 15.1. The van der Waals surface area contributed by atoms with E-state index in [0.717, 1.165) is 18.4 Å². The van der Waals surface area contributed by atoms with Crippen LogP contribution in [0, 0.1) is 0 Å². The van der Waals surface area contributed by atoms with Crippen molar-refractivity contribution >= 4 is 0 Å². The van der Waals surface area contributed by atoms with Gasteiger partial charge < -0.3 is 5.11 Å². The van der Waals surface area contributed by atoms with Crippen LogP contribution >= 0.6 is 0 Å². The monoisotopic (exact) mass is 256 g/mol. The van der Waals surface area contributed by atoms with Gasteiger partial charge in [0.15, 0.2) is 0 Å². The number of hydrogen-bond acceptors (Lipinski definition) is 1. The summed E-state index contributed by atoms with van der Waals surface area (Å²) in [5.74, 6) is 0.174. The van der Waals surface area contributed by atoms with E-state index >= 15 is 0 Å². The van der Waals surface area contributed by atoms with Crippen molar-refractivity contribution in [1.29, 1.82) is 0 Å². The van der Waals surface area contributed by atoms with Gasteiger partial charge in [-0.3, -0.25) is 0 Å². The van der Waals surface area contributed by atoms with Gasteiger partial charge in [-0.2, -0.15) is 0 Å². The Morgan fingerprint density at radius 3 is 1.89 bits per heavy atom. The molecule has 0 aliphatic heterocycles. The summed E-state index contributed by atoms with van der Waals surface area (Å²) in [4.78, 5) is 0. The second-order valence-corrected chi connectivity index (χ2v) is 6.19. The maximum atomic E-state index is 12.0. The van der Waals surface area contributed by atoms with E-state index in [2.05, 4.69) is 47.6 Å². The van der Waals surface area contributed by atoms with Crippen molar-refractivity contribution in [2.45, 2.75) is 65.2 Å². The Kier molecular flexibility index (Phi) is 6.46. The second kappa shape index (κ2) is 6.45. The van der Waals surface area contributed by atoms with Crippen LogP contribution in [0.3, 0.4) is 0 Å². The summed E-state index contributed by atoms with van der Waals surface area (Å²) < 4.78 is 0. The predicted molar refractivity (Wildman–Crippen MR) is 72.5 cm³/mol. The molecule has 0 aliphatic carbocycles. The minimum absolute atomic E-state index is 0. The third-order valence-electron chi connectivity index (χ3n) is 4.26. The summed E-state index contributed by atoms with van der Waals surface area (Å²) in [7, 11) is 0. The zero-order valence-electron chi connectivity index (χ0n) is 13.1. The van der Waals surface area contributed by atoms with E-state index in [1.165, 1.54) is 5.56 Å². The molecule has 0 N–H and O–H groups in total. The fraction of sp³-hybridized carbons (Fsp3) is 0.625. The first kappa shape index (κ1) is 18.0. The molecule has 0 heterocycles. The molecule has 0 aromatic heterocycles. The molecular formula is C16H25NaO. The van der Waals surface area contributed by atoms with Crippen LogP contribution in [0.25, 0.3) is 0 Å². The van der Waals surface area contributed by atoms with Crippen molar-refractivity contribution in [3.8, 4) is 5.75 Å². The molecule has 96 valence electrons. The average molecular weight is 256 g/mol. The van der Waals surface area contributed by atoms with E-state index in [1.54, 1.807) is 6.07 Å². The van der Waals surface area contributed by atoms with Crippen molar-refractivity contribution in [2.75, 3.05) is 0 Å². The first-order chi connectivity index (χ1) is 7.74. The van der Waals surface area contributed by atoms with E-state index < -0.39 is 0 Å². The first-order valence-corrected chi connectivity index (χ1v) is 6.56. The van der Waals surface area contributed by atoms with E-state index in [-0.39, 0.29) is 46.1 Å². The second-order valence-electron chi connectivity index (χ2n) is 6.19. The molecular weight excluding hydrogens is 231 g/mol. The van der Waals surface area contributed by atoms with Crippen molar-refractivity contribution in [2.24, 2.45) is 0 Å². The van der Waals surface area contributed by atoms with Gasteiger partial charge in [0.2, 0.25) is 0 Å². The predicted octanol–water partition coefficient (Wildman–Crippen LogP) is 1.14. The van der Waals surface area contributed by atoms with Crippen LogP contribution in [0.4, 0.5) is 0 Å². The minimum atomic E-state index is -0.0308. The fourth-order valence-electron chi connectivity index (χ4n) is 1.87. The van der Waals surface area contributed by atoms with Crippen LogP contribution in [0.5, 0.6) is 5.75 Å². The Hall–Kier alpha value is 0.0200. The first-order valence-electron chi connectivity index (χ1n) is 6.56. The van der Waals surface area contributed by atoms with Gasteiger partial charge in [0.05, 0.1) is 0 Å². The molecule has 0 amide bonds. The van der Waals surface area contributed by atoms with Crippen LogP contribution in [-0.4, -0.2) is 0 Å². The zero-order chi connectivity index (χ0) is 13.3. The van der Waals surface area contributed by atoms with Gasteiger partial charge in [-0.1, -0.05) is 59.7 Å². The summed E-state index contributed by atoms with van der Waals surface area (Å²) in [5, 5.41) is 12.0. The van der Waals surface area contributed by atoms with Gasteiger partial charge in [-0.05, 0) is 34.8 Å². The maximum Gasteiger partial charge on any atom is 1.00 e. The Balaban J connectivity index is 0.00000289. The molecule has 18 heavy (non-hydrogen) atoms. The van der Waals surface area contributed by atoms with Gasteiger partial charge in [0, 0.05) is 0 Å². The molecule has 1 aromatic carbocycles. The standard InChI is InChI=1S/C16H26O.Na/c1-7-15(3,4)12-9-10-14(17)13(11-12)16(5,6)8-2;/h9-11,17H,7-8H2,1-6H3;/q;+1/p-1. The summed E-state index contributed by atoms with van der Waals surface area (Å²) >= 11 is 0. The molecule has 0 fully saturated rings. The fourth-order valence-corrected chi connectivity index (χ4v) is 1.87. The molecule has 0 unspecified atom stereocenters. The molecule has 2 heteroatoms. The molecule has 0 atom stereocenters. The van der Waals surface area contributed by atoms with Crippen LogP contribution < -0.4 is 34.7 Å². The van der Waals surface area contributed by atoms with Crippen molar-refractivity contribution in [3.05, 3.63) is 29.3 Å². The molecule has 0 aliphatic rings. The smallest absolute Gasteiger partial charge is 0.872 e. The minimum Gasteiger partial charge on any atom is -0.872 e. The Labute approximate surface area is 134 Å². The summed E-state index contributed by atoms with van der Waals surface area (Å²) in [6.07, 6.45) is 2.06. The Bertz CT molecular complexity index is 394. The molecule has 1 nitrogen and oxygen atoms in total. The summed E-state index contributed by atoms with van der Waals surface area (Å²) in [5.41, 5.74) is 2.35. The van der Waals surface area contributed by atoms with Gasteiger partial charge in [0.1, 0.15) is 0 Å². The van der Waals surface area contributed by atoms with Gasteiger partial charge in [0.25, 0.3) is 0 Å². The summed E-state index contributed by atoms with van der Waals surface area (Å²) in [6, 6.07) is 5.84. The third-order valence-corrected chi connectivity index (χ3v) is 4.26. The molecule has 0 saturated heterocycles. The van der Waals surface area contributed by atoms with E-state index in [1.807, 2.05) is 6.07 Å². The van der Waals surface area contributed by atoms with E-state index in [4.69, 9.17) is 0 Å². The van der Waals surface area contributed by atoms with Crippen LogP contribution in [-0.2, 0) is 10.8 Å². The van der Waals surface area contributed by atoms with Crippen LogP contribution in [0.15, 0.2) is 18.2 Å². The summed E-state index contributed by atoms with van der Waals surface area (Å²) in [6.45, 7) is 13.1. The quantitative estimate of drug-likeness (QED) is 0.741. The number of hydrogen-bond donors (Lipinski definition) is 0. The normalized spacial score (nSPS) is 12.1. The van der Waals surface area contributed by atoms with Crippen molar-refractivity contribution in [1.82, 2.24) is 0 Å². The Morgan fingerprint density at radius 1 is 0.944 bits per heavy atom. The van der Waals surface area contributed by atoms with E-state index in [9.17, 15) is 5.11 Å². The molecule has 0 bridgehead atoms. The molecule has 0 radical (unpaired) electrons. The SMILES string of the molecule is CCC(C)(C)c1ccc([O-])c(C(C)(C)CC)c1.[Na+]. The molecule has 1 aromatic rings. The van der Waals surface area contributed by atoms with Gasteiger partial charge in [-0.25, -0.2) is 0 Å². The van der Waals surface area contributed by atoms with Gasteiger partial charge in [-0.15, -0.1) is 5.75 Å². The molecule has 0 spiro atoms. The number of rotatable bonds is 4. The average Bonchev–Trinajstić information content (AvgIpc) is 2.29. The van der Waals surface area contributed by atoms with Gasteiger partial charge >= 0.3 is 29.6 Å².